The van der Waals surface area contributed by atoms with E-state index in [0.717, 1.165) is 31.5 Å². The second-order valence-electron chi connectivity index (χ2n) is 6.93. The Labute approximate surface area is 160 Å². The molecule has 2 aromatic heterocycles. The maximum atomic E-state index is 4.37. The van der Waals surface area contributed by atoms with E-state index in [0.29, 0.717) is 6.04 Å². The molecule has 1 atom stereocenters. The summed E-state index contributed by atoms with van der Waals surface area (Å²) in [5.41, 5.74) is 0. The minimum absolute atomic E-state index is 0.412. The Morgan fingerprint density at radius 3 is 2.88 bits per heavy atom. The minimum atomic E-state index is 0.412. The summed E-state index contributed by atoms with van der Waals surface area (Å²) in [6.45, 7) is 7.29. The minimum Gasteiger partial charge on any atom is -0.355 e. The van der Waals surface area contributed by atoms with Crippen molar-refractivity contribution in [2.24, 2.45) is 10.9 Å². The van der Waals surface area contributed by atoms with Gasteiger partial charge >= 0.3 is 0 Å². The maximum Gasteiger partial charge on any atom is 0.191 e. The highest BCUT2D eigenvalue weighted by Crippen LogP contribution is 2.28. The van der Waals surface area contributed by atoms with Crippen molar-refractivity contribution in [3.63, 3.8) is 0 Å². The lowest BCUT2D eigenvalue weighted by Crippen LogP contribution is -2.45. The molecule has 0 aromatic carbocycles. The fourth-order valence-electron chi connectivity index (χ4n) is 3.37. The molecule has 1 aliphatic rings. The number of piperidine rings is 1. The molecule has 0 amide bonds. The highest BCUT2D eigenvalue weighted by Gasteiger charge is 2.25. The van der Waals surface area contributed by atoms with E-state index in [9.17, 15) is 0 Å². The van der Waals surface area contributed by atoms with E-state index in [1.165, 1.54) is 30.8 Å². The molecular formula is C19H30N6S. The molecule has 6 nitrogen and oxygen atoms in total. The van der Waals surface area contributed by atoms with Crippen LogP contribution in [0.5, 0.6) is 0 Å². The first-order valence-corrected chi connectivity index (χ1v) is 10.3. The van der Waals surface area contributed by atoms with Crippen molar-refractivity contribution < 1.29 is 0 Å². The van der Waals surface area contributed by atoms with Crippen LogP contribution in [0.4, 0.5) is 0 Å². The Kier molecular flexibility index (Phi) is 7.08. The van der Waals surface area contributed by atoms with E-state index < -0.39 is 0 Å². The van der Waals surface area contributed by atoms with Crippen LogP contribution < -0.4 is 10.6 Å². The molecule has 0 aliphatic carbocycles. The molecule has 1 unspecified atom stereocenters. The molecule has 0 radical (unpaired) electrons. The first-order chi connectivity index (χ1) is 12.8. The van der Waals surface area contributed by atoms with Crippen molar-refractivity contribution in [2.75, 3.05) is 33.2 Å². The van der Waals surface area contributed by atoms with E-state index >= 15 is 0 Å². The summed E-state index contributed by atoms with van der Waals surface area (Å²) in [6.07, 6.45) is 8.20. The van der Waals surface area contributed by atoms with Gasteiger partial charge in [0.1, 0.15) is 0 Å². The van der Waals surface area contributed by atoms with Gasteiger partial charge in [-0.05, 0) is 43.3 Å². The maximum absolute atomic E-state index is 4.37. The SMILES string of the molecule is CN=C(NCCn1ccnc1)NCC(c1cccs1)N1CCC(C)CC1. The third-order valence-corrected chi connectivity index (χ3v) is 6.01. The van der Waals surface area contributed by atoms with Crippen LogP contribution in [0.2, 0.25) is 0 Å². The van der Waals surface area contributed by atoms with Crippen molar-refractivity contribution >= 4 is 17.3 Å². The third kappa shape index (κ3) is 5.32. The fraction of sp³-hybridized carbons (Fsp3) is 0.579. The molecule has 3 rings (SSSR count). The summed E-state index contributed by atoms with van der Waals surface area (Å²) in [5, 5.41) is 9.09. The zero-order chi connectivity index (χ0) is 18.2. The summed E-state index contributed by atoms with van der Waals surface area (Å²) < 4.78 is 2.06. The van der Waals surface area contributed by atoms with E-state index in [1.807, 2.05) is 30.9 Å². The molecule has 0 saturated carbocycles. The lowest BCUT2D eigenvalue weighted by Gasteiger charge is -2.36. The summed E-state index contributed by atoms with van der Waals surface area (Å²) in [4.78, 5) is 12.5. The number of nitrogens with zero attached hydrogens (tertiary/aromatic N) is 4. The predicted molar refractivity (Wildman–Crippen MR) is 109 cm³/mol. The summed E-state index contributed by atoms with van der Waals surface area (Å²) in [6, 6.07) is 4.82. The summed E-state index contributed by atoms with van der Waals surface area (Å²) in [5.74, 6) is 1.71. The molecule has 2 aromatic rings. The molecule has 26 heavy (non-hydrogen) atoms. The summed E-state index contributed by atoms with van der Waals surface area (Å²) >= 11 is 1.85. The van der Waals surface area contributed by atoms with Gasteiger partial charge in [-0.25, -0.2) is 4.98 Å². The number of hydrogen-bond acceptors (Lipinski definition) is 4. The molecule has 1 saturated heterocycles. The predicted octanol–water partition coefficient (Wildman–Crippen LogP) is 2.58. The first kappa shape index (κ1) is 18.9. The average molecular weight is 375 g/mol. The van der Waals surface area contributed by atoms with Gasteiger partial charge in [0.15, 0.2) is 5.96 Å². The van der Waals surface area contributed by atoms with Crippen LogP contribution in [0.25, 0.3) is 0 Å². The standard InChI is InChI=1S/C19H30N6S/c1-16-5-9-25(10-6-16)17(18-4-3-13-26-18)14-23-19(20-2)22-8-12-24-11-7-21-15-24/h3-4,7,11,13,15-17H,5-6,8-10,12,14H2,1-2H3,(H2,20,22,23). The number of thiophene rings is 1. The largest absolute Gasteiger partial charge is 0.355 e. The van der Waals surface area contributed by atoms with Crippen LogP contribution in [0, 0.1) is 5.92 Å². The van der Waals surface area contributed by atoms with Gasteiger partial charge in [0.25, 0.3) is 0 Å². The number of likely N-dealkylation sites (tertiary alicyclic amines) is 1. The Hall–Kier alpha value is -1.86. The number of imidazole rings is 1. The van der Waals surface area contributed by atoms with Gasteiger partial charge in [-0.1, -0.05) is 13.0 Å². The Morgan fingerprint density at radius 1 is 1.38 bits per heavy atom. The Bertz CT molecular complexity index is 644. The van der Waals surface area contributed by atoms with Gasteiger partial charge < -0.3 is 15.2 Å². The quantitative estimate of drug-likeness (QED) is 0.578. The molecule has 1 aliphatic heterocycles. The molecule has 2 N–H and O–H groups in total. The van der Waals surface area contributed by atoms with Gasteiger partial charge in [-0.3, -0.25) is 9.89 Å². The second-order valence-corrected chi connectivity index (χ2v) is 7.91. The van der Waals surface area contributed by atoms with Crippen molar-refractivity contribution in [2.45, 2.75) is 32.4 Å². The lowest BCUT2D eigenvalue weighted by atomic mass is 9.97. The van der Waals surface area contributed by atoms with Crippen molar-refractivity contribution in [1.82, 2.24) is 25.1 Å². The topological polar surface area (TPSA) is 57.5 Å². The van der Waals surface area contributed by atoms with Gasteiger partial charge in [-0.15, -0.1) is 11.3 Å². The number of guanidine groups is 1. The van der Waals surface area contributed by atoms with Crippen LogP contribution >= 0.6 is 11.3 Å². The highest BCUT2D eigenvalue weighted by molar-refractivity contribution is 7.10. The molecule has 7 heteroatoms. The second kappa shape index (κ2) is 9.73. The number of rotatable bonds is 7. The van der Waals surface area contributed by atoms with Crippen molar-refractivity contribution in [3.05, 3.63) is 41.1 Å². The number of aliphatic imine (C=N–C) groups is 1. The summed E-state index contributed by atoms with van der Waals surface area (Å²) in [7, 11) is 1.83. The number of aromatic nitrogens is 2. The lowest BCUT2D eigenvalue weighted by molar-refractivity contribution is 0.140. The zero-order valence-corrected chi connectivity index (χ0v) is 16.6. The van der Waals surface area contributed by atoms with Gasteiger partial charge in [-0.2, -0.15) is 0 Å². The van der Waals surface area contributed by atoms with Crippen LogP contribution in [0.1, 0.15) is 30.7 Å². The highest BCUT2D eigenvalue weighted by atomic mass is 32.1. The van der Waals surface area contributed by atoms with Crippen LogP contribution in [-0.4, -0.2) is 53.6 Å². The zero-order valence-electron chi connectivity index (χ0n) is 15.8. The molecule has 0 spiro atoms. The molecule has 3 heterocycles. The number of hydrogen-bond donors (Lipinski definition) is 2. The van der Waals surface area contributed by atoms with Crippen molar-refractivity contribution in [3.8, 4) is 0 Å². The fourth-order valence-corrected chi connectivity index (χ4v) is 4.23. The van der Waals surface area contributed by atoms with Crippen LogP contribution in [0.15, 0.2) is 41.2 Å². The molecular weight excluding hydrogens is 344 g/mol. The van der Waals surface area contributed by atoms with E-state index in [-0.39, 0.29) is 0 Å². The smallest absolute Gasteiger partial charge is 0.191 e. The Balaban J connectivity index is 1.52. The van der Waals surface area contributed by atoms with Gasteiger partial charge in [0.2, 0.25) is 0 Å². The number of nitrogens with one attached hydrogen (secondary N) is 2. The monoisotopic (exact) mass is 374 g/mol. The molecule has 142 valence electrons. The van der Waals surface area contributed by atoms with Crippen molar-refractivity contribution in [1.29, 1.82) is 0 Å². The van der Waals surface area contributed by atoms with Gasteiger partial charge in [0, 0.05) is 44.0 Å². The van der Waals surface area contributed by atoms with Crippen LogP contribution in [0.3, 0.4) is 0 Å². The Morgan fingerprint density at radius 2 is 2.23 bits per heavy atom. The molecule has 0 bridgehead atoms. The van der Waals surface area contributed by atoms with E-state index in [2.05, 4.69) is 54.5 Å². The normalized spacial score (nSPS) is 18.0. The first-order valence-electron chi connectivity index (χ1n) is 9.44. The molecule has 1 fully saturated rings. The van der Waals surface area contributed by atoms with E-state index in [4.69, 9.17) is 0 Å². The third-order valence-electron chi connectivity index (χ3n) is 5.04. The van der Waals surface area contributed by atoms with E-state index in [1.54, 1.807) is 6.20 Å². The van der Waals surface area contributed by atoms with Gasteiger partial charge in [0.05, 0.1) is 12.4 Å². The van der Waals surface area contributed by atoms with Crippen LogP contribution in [-0.2, 0) is 6.54 Å². The average Bonchev–Trinajstić information content (AvgIpc) is 3.36.